The molecule has 0 radical (unpaired) electrons. The Morgan fingerprint density at radius 3 is 2.48 bits per heavy atom. The Bertz CT molecular complexity index is 746. The Labute approximate surface area is 121 Å². The van der Waals surface area contributed by atoms with E-state index in [1.54, 1.807) is 13.3 Å². The lowest BCUT2D eigenvalue weighted by atomic mass is 9.98. The predicted molar refractivity (Wildman–Crippen MR) is 78.1 cm³/mol. The predicted octanol–water partition coefficient (Wildman–Crippen LogP) is 4.21. The van der Waals surface area contributed by atoms with E-state index in [4.69, 9.17) is 4.42 Å². The molecule has 1 N–H and O–H groups in total. The second-order valence-electron chi connectivity index (χ2n) is 4.93. The van der Waals surface area contributed by atoms with Gasteiger partial charge in [0, 0.05) is 22.6 Å². The summed E-state index contributed by atoms with van der Waals surface area (Å²) in [5.41, 5.74) is 1.75. The van der Waals surface area contributed by atoms with Crippen molar-refractivity contribution in [3.63, 3.8) is 0 Å². The maximum Gasteiger partial charge on any atom is 0.134 e. The third-order valence-corrected chi connectivity index (χ3v) is 3.70. The summed E-state index contributed by atoms with van der Waals surface area (Å²) >= 11 is 0. The number of nitrogens with one attached hydrogen (secondary N) is 1. The number of rotatable bonds is 4. The van der Waals surface area contributed by atoms with Gasteiger partial charge in [-0.3, -0.25) is 0 Å². The molecular formula is C17H15F2NO. The van der Waals surface area contributed by atoms with E-state index in [1.165, 1.54) is 18.2 Å². The van der Waals surface area contributed by atoms with Crippen LogP contribution in [0.1, 0.15) is 17.2 Å². The standard InChI is InChI=1S/C17H15F2NO/c1-20-16(9-12-14(18)6-4-7-15(12)19)13-10-21-17-8-3-2-5-11(13)17/h2-8,10,16,20H,9H2,1H3. The van der Waals surface area contributed by atoms with Gasteiger partial charge in [0.05, 0.1) is 6.26 Å². The first-order chi connectivity index (χ1) is 10.2. The van der Waals surface area contributed by atoms with Gasteiger partial charge in [0.1, 0.15) is 17.2 Å². The van der Waals surface area contributed by atoms with Crippen LogP contribution < -0.4 is 5.32 Å². The molecule has 0 spiro atoms. The van der Waals surface area contributed by atoms with E-state index in [9.17, 15) is 8.78 Å². The van der Waals surface area contributed by atoms with Gasteiger partial charge in [-0.25, -0.2) is 8.78 Å². The first-order valence-electron chi connectivity index (χ1n) is 6.77. The van der Waals surface area contributed by atoms with Crippen LogP contribution >= 0.6 is 0 Å². The van der Waals surface area contributed by atoms with Crippen molar-refractivity contribution in [3.05, 3.63) is 71.5 Å². The first kappa shape index (κ1) is 13.8. The van der Waals surface area contributed by atoms with Crippen LogP contribution in [0, 0.1) is 11.6 Å². The molecule has 21 heavy (non-hydrogen) atoms. The Morgan fingerprint density at radius 2 is 1.76 bits per heavy atom. The highest BCUT2D eigenvalue weighted by Gasteiger charge is 2.19. The molecule has 2 aromatic carbocycles. The van der Waals surface area contributed by atoms with Gasteiger partial charge in [-0.1, -0.05) is 24.3 Å². The molecule has 3 rings (SSSR count). The minimum atomic E-state index is -0.525. The van der Waals surface area contributed by atoms with Crippen LogP contribution in [0.25, 0.3) is 11.0 Å². The molecule has 0 aliphatic heterocycles. The lowest BCUT2D eigenvalue weighted by molar-refractivity contribution is 0.510. The largest absolute Gasteiger partial charge is 0.464 e. The van der Waals surface area contributed by atoms with Gasteiger partial charge < -0.3 is 9.73 Å². The third-order valence-electron chi connectivity index (χ3n) is 3.70. The van der Waals surface area contributed by atoms with Crippen molar-refractivity contribution in [2.75, 3.05) is 7.05 Å². The second kappa shape index (κ2) is 5.66. The highest BCUT2D eigenvalue weighted by molar-refractivity contribution is 5.81. The molecule has 1 unspecified atom stereocenters. The van der Waals surface area contributed by atoms with Crippen LogP contribution in [0.2, 0.25) is 0 Å². The average molecular weight is 287 g/mol. The van der Waals surface area contributed by atoms with E-state index in [-0.39, 0.29) is 18.0 Å². The van der Waals surface area contributed by atoms with Crippen LogP contribution in [-0.2, 0) is 6.42 Å². The van der Waals surface area contributed by atoms with Crippen molar-refractivity contribution in [2.24, 2.45) is 0 Å². The van der Waals surface area contributed by atoms with Gasteiger partial charge >= 0.3 is 0 Å². The number of hydrogen-bond donors (Lipinski definition) is 1. The first-order valence-corrected chi connectivity index (χ1v) is 6.77. The number of halogens is 2. The van der Waals surface area contributed by atoms with Gasteiger partial charge in [-0.2, -0.15) is 0 Å². The minimum absolute atomic E-state index is 0.0853. The van der Waals surface area contributed by atoms with Crippen molar-refractivity contribution >= 4 is 11.0 Å². The summed E-state index contributed by atoms with van der Waals surface area (Å²) in [6, 6.07) is 11.3. The van der Waals surface area contributed by atoms with E-state index < -0.39 is 11.6 Å². The van der Waals surface area contributed by atoms with Crippen LogP contribution in [0.15, 0.2) is 53.1 Å². The fourth-order valence-electron chi connectivity index (χ4n) is 2.57. The molecule has 2 nitrogen and oxygen atoms in total. The number of para-hydroxylation sites is 1. The molecule has 1 aromatic heterocycles. The molecule has 1 atom stereocenters. The lowest BCUT2D eigenvalue weighted by Gasteiger charge is -2.16. The van der Waals surface area contributed by atoms with Crippen molar-refractivity contribution in [1.29, 1.82) is 0 Å². The molecule has 108 valence electrons. The summed E-state index contributed by atoms with van der Waals surface area (Å²) in [6.07, 6.45) is 1.86. The van der Waals surface area contributed by atoms with Crippen molar-refractivity contribution in [2.45, 2.75) is 12.5 Å². The molecule has 4 heteroatoms. The van der Waals surface area contributed by atoms with Gasteiger partial charge in [-0.15, -0.1) is 0 Å². The van der Waals surface area contributed by atoms with Gasteiger partial charge in [0.15, 0.2) is 0 Å². The van der Waals surface area contributed by atoms with Gasteiger partial charge in [-0.05, 0) is 31.7 Å². The molecule has 0 aliphatic rings. The Kier molecular flexibility index (Phi) is 3.71. The minimum Gasteiger partial charge on any atom is -0.464 e. The zero-order valence-electron chi connectivity index (χ0n) is 11.6. The third kappa shape index (κ3) is 2.54. The van der Waals surface area contributed by atoms with Crippen LogP contribution in [0.4, 0.5) is 8.78 Å². The Morgan fingerprint density at radius 1 is 1.05 bits per heavy atom. The summed E-state index contributed by atoms with van der Waals surface area (Å²) in [7, 11) is 1.77. The molecule has 0 saturated heterocycles. The molecule has 3 aromatic rings. The molecular weight excluding hydrogens is 272 g/mol. The number of hydrogen-bond acceptors (Lipinski definition) is 2. The molecule has 0 saturated carbocycles. The monoisotopic (exact) mass is 287 g/mol. The maximum atomic E-state index is 13.8. The summed E-state index contributed by atoms with van der Waals surface area (Å²) in [5, 5.41) is 4.06. The lowest BCUT2D eigenvalue weighted by Crippen LogP contribution is -2.19. The molecule has 0 aliphatic carbocycles. The van der Waals surface area contributed by atoms with E-state index in [2.05, 4.69) is 5.32 Å². The average Bonchev–Trinajstić information content (AvgIpc) is 2.91. The van der Waals surface area contributed by atoms with E-state index >= 15 is 0 Å². The van der Waals surface area contributed by atoms with E-state index in [1.807, 2.05) is 24.3 Å². The highest BCUT2D eigenvalue weighted by Crippen LogP contribution is 2.29. The normalized spacial score (nSPS) is 12.7. The number of benzene rings is 2. The van der Waals surface area contributed by atoms with Crippen LogP contribution in [0.5, 0.6) is 0 Å². The summed E-state index contributed by atoms with van der Waals surface area (Å²) in [6.45, 7) is 0. The molecule has 1 heterocycles. The Hall–Kier alpha value is -2.20. The molecule has 0 fully saturated rings. The summed E-state index contributed by atoms with van der Waals surface area (Å²) in [5.74, 6) is -1.05. The Balaban J connectivity index is 1.99. The molecule has 0 bridgehead atoms. The van der Waals surface area contributed by atoms with E-state index in [0.717, 1.165) is 16.5 Å². The van der Waals surface area contributed by atoms with E-state index in [0.29, 0.717) is 0 Å². The van der Waals surface area contributed by atoms with Gasteiger partial charge in [0.25, 0.3) is 0 Å². The SMILES string of the molecule is CNC(Cc1c(F)cccc1F)c1coc2ccccc12. The summed E-state index contributed by atoms with van der Waals surface area (Å²) < 4.78 is 33.1. The van der Waals surface area contributed by atoms with Crippen LogP contribution in [-0.4, -0.2) is 7.05 Å². The second-order valence-corrected chi connectivity index (χ2v) is 4.93. The van der Waals surface area contributed by atoms with Crippen LogP contribution in [0.3, 0.4) is 0 Å². The summed E-state index contributed by atoms with van der Waals surface area (Å²) in [4.78, 5) is 0. The number of fused-ring (bicyclic) bond motifs is 1. The fourth-order valence-corrected chi connectivity index (χ4v) is 2.57. The topological polar surface area (TPSA) is 25.2 Å². The fraction of sp³-hybridized carbons (Fsp3) is 0.176. The quantitative estimate of drug-likeness (QED) is 0.777. The maximum absolute atomic E-state index is 13.8. The van der Waals surface area contributed by atoms with Crippen molar-refractivity contribution in [3.8, 4) is 0 Å². The zero-order chi connectivity index (χ0) is 14.8. The van der Waals surface area contributed by atoms with Gasteiger partial charge in [0.2, 0.25) is 0 Å². The van der Waals surface area contributed by atoms with Crippen molar-refractivity contribution in [1.82, 2.24) is 5.32 Å². The van der Waals surface area contributed by atoms with Crippen molar-refractivity contribution < 1.29 is 13.2 Å². The number of furan rings is 1. The number of likely N-dealkylation sites (N-methyl/N-ethyl adjacent to an activating group) is 1. The highest BCUT2D eigenvalue weighted by atomic mass is 19.1. The molecule has 0 amide bonds. The zero-order valence-corrected chi connectivity index (χ0v) is 11.6. The smallest absolute Gasteiger partial charge is 0.134 e.